The van der Waals surface area contributed by atoms with Crippen molar-refractivity contribution in [2.24, 2.45) is 0 Å². The first-order valence-corrected chi connectivity index (χ1v) is 11.0. The van der Waals surface area contributed by atoms with Crippen molar-refractivity contribution in [3.05, 3.63) is 87.9 Å². The first-order chi connectivity index (χ1) is 14.4. The molecule has 3 rings (SSSR count). The average molecular weight is 459 g/mol. The van der Waals surface area contributed by atoms with Gasteiger partial charge in [0, 0.05) is 26.3 Å². The molecule has 0 radical (unpaired) electrons. The zero-order valence-corrected chi connectivity index (χ0v) is 18.6. The smallest absolute Gasteiger partial charge is 0.234 e. The van der Waals surface area contributed by atoms with Gasteiger partial charge in [0.1, 0.15) is 0 Å². The van der Waals surface area contributed by atoms with E-state index < -0.39 is 0 Å². The Kier molecular flexibility index (Phi) is 7.80. The van der Waals surface area contributed by atoms with Crippen molar-refractivity contribution in [1.82, 2.24) is 0 Å². The van der Waals surface area contributed by atoms with Crippen LogP contribution in [-0.2, 0) is 16.0 Å². The van der Waals surface area contributed by atoms with Crippen LogP contribution < -0.4 is 10.6 Å². The number of hydrogen-bond donors (Lipinski definition) is 2. The minimum atomic E-state index is -0.123. The van der Waals surface area contributed by atoms with Crippen molar-refractivity contribution in [3.8, 4) is 0 Å². The molecule has 0 aromatic heterocycles. The van der Waals surface area contributed by atoms with E-state index in [1.807, 2.05) is 49.4 Å². The van der Waals surface area contributed by atoms with E-state index in [2.05, 4.69) is 10.6 Å². The lowest BCUT2D eigenvalue weighted by molar-refractivity contribution is -0.115. The van der Waals surface area contributed by atoms with E-state index in [0.717, 1.165) is 16.0 Å². The fourth-order valence-electron chi connectivity index (χ4n) is 2.72. The highest BCUT2D eigenvalue weighted by molar-refractivity contribution is 8.00. The fourth-order valence-corrected chi connectivity index (χ4v) is 3.77. The van der Waals surface area contributed by atoms with E-state index in [4.69, 9.17) is 23.2 Å². The van der Waals surface area contributed by atoms with Crippen molar-refractivity contribution in [1.29, 1.82) is 0 Å². The van der Waals surface area contributed by atoms with E-state index in [1.165, 1.54) is 11.8 Å². The maximum atomic E-state index is 12.3. The molecule has 0 heterocycles. The molecule has 0 aliphatic rings. The number of anilines is 2. The molecule has 2 amide bonds. The van der Waals surface area contributed by atoms with Gasteiger partial charge in [0.2, 0.25) is 11.8 Å². The second kappa shape index (κ2) is 10.5. The molecule has 3 aromatic rings. The summed E-state index contributed by atoms with van der Waals surface area (Å²) in [5.74, 6) is 0.00454. The molecule has 30 heavy (non-hydrogen) atoms. The molecule has 0 fully saturated rings. The standard InChI is InChI=1S/C23H20Cl2N2O2S/c1-15-5-8-18(25)12-21(15)27-23(29)14-30-20-4-2-3-19(13-20)26-22(28)11-16-6-9-17(24)10-7-16/h2-10,12-13H,11,14H2,1H3,(H,26,28)(H,27,29). The Morgan fingerprint density at radius 3 is 2.37 bits per heavy atom. The average Bonchev–Trinajstić information content (AvgIpc) is 2.71. The second-order valence-corrected chi connectivity index (χ2v) is 8.60. The van der Waals surface area contributed by atoms with Crippen LogP contribution in [0, 0.1) is 6.92 Å². The van der Waals surface area contributed by atoms with Gasteiger partial charge in [-0.2, -0.15) is 0 Å². The molecule has 4 nitrogen and oxygen atoms in total. The van der Waals surface area contributed by atoms with Crippen molar-refractivity contribution in [2.75, 3.05) is 16.4 Å². The Balaban J connectivity index is 1.53. The molecule has 0 atom stereocenters. The third kappa shape index (κ3) is 6.80. The summed E-state index contributed by atoms with van der Waals surface area (Å²) in [5, 5.41) is 6.97. The van der Waals surface area contributed by atoms with Crippen molar-refractivity contribution in [3.63, 3.8) is 0 Å². The Bertz CT molecular complexity index is 1060. The predicted octanol–water partition coefficient (Wildman–Crippen LogP) is 6.21. The van der Waals surface area contributed by atoms with Gasteiger partial charge in [0.05, 0.1) is 12.2 Å². The van der Waals surface area contributed by atoms with Crippen LogP contribution in [0.25, 0.3) is 0 Å². The lowest BCUT2D eigenvalue weighted by Crippen LogP contribution is -2.15. The number of nitrogens with one attached hydrogen (secondary N) is 2. The van der Waals surface area contributed by atoms with Gasteiger partial charge in [0.25, 0.3) is 0 Å². The molecule has 154 valence electrons. The highest BCUT2D eigenvalue weighted by Gasteiger charge is 2.08. The molecule has 3 aromatic carbocycles. The molecule has 0 unspecified atom stereocenters. The van der Waals surface area contributed by atoms with Crippen LogP contribution >= 0.6 is 35.0 Å². The van der Waals surface area contributed by atoms with Gasteiger partial charge in [-0.15, -0.1) is 11.8 Å². The minimum absolute atomic E-state index is 0.117. The Morgan fingerprint density at radius 1 is 0.867 bits per heavy atom. The summed E-state index contributed by atoms with van der Waals surface area (Å²) in [7, 11) is 0. The topological polar surface area (TPSA) is 58.2 Å². The third-order valence-corrected chi connectivity index (χ3v) is 5.72. The molecule has 0 saturated heterocycles. The Morgan fingerprint density at radius 2 is 1.60 bits per heavy atom. The van der Waals surface area contributed by atoms with Gasteiger partial charge >= 0.3 is 0 Å². The first kappa shape index (κ1) is 22.2. The van der Waals surface area contributed by atoms with Crippen molar-refractivity contribution in [2.45, 2.75) is 18.2 Å². The maximum Gasteiger partial charge on any atom is 0.234 e. The van der Waals surface area contributed by atoms with Crippen LogP contribution in [0.2, 0.25) is 10.0 Å². The van der Waals surface area contributed by atoms with E-state index in [-0.39, 0.29) is 24.0 Å². The number of hydrogen-bond acceptors (Lipinski definition) is 3. The minimum Gasteiger partial charge on any atom is -0.326 e. The Hall–Kier alpha value is -2.47. The number of benzene rings is 3. The zero-order chi connectivity index (χ0) is 21.5. The van der Waals surface area contributed by atoms with Crippen LogP contribution in [0.5, 0.6) is 0 Å². The zero-order valence-electron chi connectivity index (χ0n) is 16.2. The summed E-state index contributed by atoms with van der Waals surface area (Å²) < 4.78 is 0. The molecule has 2 N–H and O–H groups in total. The van der Waals surface area contributed by atoms with Crippen LogP contribution in [0.4, 0.5) is 11.4 Å². The van der Waals surface area contributed by atoms with Crippen LogP contribution in [0.3, 0.4) is 0 Å². The van der Waals surface area contributed by atoms with Gasteiger partial charge < -0.3 is 10.6 Å². The van der Waals surface area contributed by atoms with Gasteiger partial charge in [-0.3, -0.25) is 9.59 Å². The van der Waals surface area contributed by atoms with E-state index >= 15 is 0 Å². The van der Waals surface area contributed by atoms with Crippen LogP contribution in [-0.4, -0.2) is 17.6 Å². The highest BCUT2D eigenvalue weighted by Crippen LogP contribution is 2.24. The summed E-state index contributed by atoms with van der Waals surface area (Å²) in [6.07, 6.45) is 0.260. The maximum absolute atomic E-state index is 12.3. The summed E-state index contributed by atoms with van der Waals surface area (Å²) in [5.41, 5.74) is 3.22. The van der Waals surface area contributed by atoms with Gasteiger partial charge in [-0.25, -0.2) is 0 Å². The van der Waals surface area contributed by atoms with E-state index in [0.29, 0.717) is 21.4 Å². The lowest BCUT2D eigenvalue weighted by atomic mass is 10.1. The van der Waals surface area contributed by atoms with Gasteiger partial charge in [-0.05, 0) is 60.5 Å². The third-order valence-electron chi connectivity index (χ3n) is 4.24. The van der Waals surface area contributed by atoms with Gasteiger partial charge in [0.15, 0.2) is 0 Å². The quantitative estimate of drug-likeness (QED) is 0.413. The monoisotopic (exact) mass is 458 g/mol. The molecule has 0 spiro atoms. The number of amides is 2. The highest BCUT2D eigenvalue weighted by atomic mass is 35.5. The number of carbonyl (C=O) groups is 2. The van der Waals surface area contributed by atoms with Crippen LogP contribution in [0.15, 0.2) is 71.6 Å². The molecular formula is C23H20Cl2N2O2S. The molecule has 0 aliphatic carbocycles. The van der Waals surface area contributed by atoms with E-state index in [1.54, 1.807) is 24.3 Å². The van der Waals surface area contributed by atoms with Gasteiger partial charge in [-0.1, -0.05) is 47.5 Å². The number of halogens is 2. The molecule has 0 saturated carbocycles. The summed E-state index contributed by atoms with van der Waals surface area (Å²) in [6.45, 7) is 1.91. The lowest BCUT2D eigenvalue weighted by Gasteiger charge is -2.10. The molecule has 7 heteroatoms. The largest absolute Gasteiger partial charge is 0.326 e. The number of rotatable bonds is 7. The van der Waals surface area contributed by atoms with E-state index in [9.17, 15) is 9.59 Å². The SMILES string of the molecule is Cc1ccc(Cl)cc1NC(=O)CSc1cccc(NC(=O)Cc2ccc(Cl)cc2)c1. The summed E-state index contributed by atoms with van der Waals surface area (Å²) in [6, 6.07) is 20.0. The first-order valence-electron chi connectivity index (χ1n) is 9.22. The number of carbonyl (C=O) groups excluding carboxylic acids is 2. The second-order valence-electron chi connectivity index (χ2n) is 6.68. The van der Waals surface area contributed by atoms with Crippen molar-refractivity contribution < 1.29 is 9.59 Å². The van der Waals surface area contributed by atoms with Crippen LogP contribution in [0.1, 0.15) is 11.1 Å². The normalized spacial score (nSPS) is 10.5. The summed E-state index contributed by atoms with van der Waals surface area (Å²) in [4.78, 5) is 25.5. The molecule has 0 aliphatic heterocycles. The summed E-state index contributed by atoms with van der Waals surface area (Å²) >= 11 is 13.3. The number of aryl methyl sites for hydroxylation is 1. The predicted molar refractivity (Wildman–Crippen MR) is 126 cm³/mol. The number of thioether (sulfide) groups is 1. The fraction of sp³-hybridized carbons (Fsp3) is 0.130. The molecule has 0 bridgehead atoms. The Labute approximate surface area is 190 Å². The van der Waals surface area contributed by atoms with Crippen molar-refractivity contribution >= 4 is 58.2 Å². The molecular weight excluding hydrogens is 439 g/mol.